The molecule has 0 saturated carbocycles. The fourth-order valence-electron chi connectivity index (χ4n) is 4.75. The zero-order valence-electron chi connectivity index (χ0n) is 21.1. The smallest absolute Gasteiger partial charge is 0.254 e. The van der Waals surface area contributed by atoms with Crippen molar-refractivity contribution >= 4 is 22.7 Å². The van der Waals surface area contributed by atoms with Crippen molar-refractivity contribution in [1.82, 2.24) is 14.9 Å². The maximum atomic E-state index is 13.7. The summed E-state index contributed by atoms with van der Waals surface area (Å²) in [5.41, 5.74) is 4.19. The predicted octanol–water partition coefficient (Wildman–Crippen LogP) is 4.55. The number of carbonyl (C=O) groups is 1. The molecule has 2 aromatic heterocycles. The molecule has 0 saturated heterocycles. The van der Waals surface area contributed by atoms with Gasteiger partial charge in [0.15, 0.2) is 11.6 Å². The van der Waals surface area contributed by atoms with Crippen molar-refractivity contribution in [2.75, 3.05) is 13.2 Å². The Balaban J connectivity index is 1.59. The Labute approximate surface area is 218 Å². The van der Waals surface area contributed by atoms with Gasteiger partial charge in [-0.25, -0.2) is 13.8 Å². The first kappa shape index (κ1) is 25.5. The minimum absolute atomic E-state index is 0.0163. The highest BCUT2D eigenvalue weighted by Gasteiger charge is 2.27. The molecule has 38 heavy (non-hydrogen) atoms. The number of pyridine rings is 1. The topological polar surface area (TPSA) is 88.7 Å². The van der Waals surface area contributed by atoms with E-state index < -0.39 is 11.6 Å². The van der Waals surface area contributed by atoms with Crippen molar-refractivity contribution in [3.63, 3.8) is 0 Å². The number of aliphatic hydroxyl groups is 1. The molecule has 196 valence electrons. The summed E-state index contributed by atoms with van der Waals surface area (Å²) in [6.07, 6.45) is 1.73. The van der Waals surface area contributed by atoms with Crippen LogP contribution in [0.2, 0.25) is 0 Å². The Kier molecular flexibility index (Phi) is 7.20. The number of hydrogen-bond acceptors (Lipinski definition) is 5. The van der Waals surface area contributed by atoms with Crippen molar-refractivity contribution < 1.29 is 23.4 Å². The van der Waals surface area contributed by atoms with Crippen molar-refractivity contribution in [2.24, 2.45) is 4.99 Å². The molecule has 7 nitrogen and oxygen atoms in total. The lowest BCUT2D eigenvalue weighted by atomic mass is 10.0. The predicted molar refractivity (Wildman–Crippen MR) is 140 cm³/mol. The van der Waals surface area contributed by atoms with Crippen LogP contribution in [0.25, 0.3) is 10.9 Å². The summed E-state index contributed by atoms with van der Waals surface area (Å²) in [4.78, 5) is 22.6. The van der Waals surface area contributed by atoms with Gasteiger partial charge in [0.1, 0.15) is 12.6 Å². The molecule has 1 aliphatic heterocycles. The molecular weight excluding hydrogens is 490 g/mol. The molecule has 9 heteroatoms. The number of nitrogens with one attached hydrogen (secondary N) is 1. The Morgan fingerprint density at radius 2 is 2.00 bits per heavy atom. The second kappa shape index (κ2) is 10.7. The Morgan fingerprint density at radius 1 is 1.16 bits per heavy atom. The average Bonchev–Trinajstić information content (AvgIpc) is 3.53. The summed E-state index contributed by atoms with van der Waals surface area (Å²) in [6.45, 7) is 4.75. The van der Waals surface area contributed by atoms with Gasteiger partial charge in [-0.3, -0.25) is 9.78 Å². The Bertz CT molecular complexity index is 1520. The van der Waals surface area contributed by atoms with Crippen LogP contribution in [0.4, 0.5) is 8.78 Å². The van der Waals surface area contributed by atoms with Gasteiger partial charge in [-0.05, 0) is 47.9 Å². The van der Waals surface area contributed by atoms with Crippen molar-refractivity contribution in [2.45, 2.75) is 38.9 Å². The van der Waals surface area contributed by atoms with Gasteiger partial charge in [0, 0.05) is 29.4 Å². The average molecular weight is 519 g/mol. The highest BCUT2D eigenvalue weighted by atomic mass is 19.2. The van der Waals surface area contributed by atoms with Gasteiger partial charge in [-0.15, -0.1) is 0 Å². The molecule has 0 aliphatic carbocycles. The lowest BCUT2D eigenvalue weighted by Crippen LogP contribution is -2.24. The van der Waals surface area contributed by atoms with Crippen molar-refractivity contribution in [3.05, 3.63) is 101 Å². The summed E-state index contributed by atoms with van der Waals surface area (Å²) in [7, 11) is 0. The maximum absolute atomic E-state index is 13.7. The molecule has 2 N–H and O–H groups in total. The fraction of sp³-hybridized carbons (Fsp3) is 0.276. The molecule has 2 aromatic carbocycles. The van der Waals surface area contributed by atoms with Crippen LogP contribution in [0.15, 0.2) is 65.8 Å². The van der Waals surface area contributed by atoms with Crippen LogP contribution < -0.4 is 5.32 Å². The van der Waals surface area contributed by atoms with E-state index in [9.17, 15) is 18.7 Å². The quantitative estimate of drug-likeness (QED) is 0.358. The van der Waals surface area contributed by atoms with Crippen molar-refractivity contribution in [3.8, 4) is 0 Å². The van der Waals surface area contributed by atoms with Gasteiger partial charge in [0.05, 0.1) is 29.9 Å². The van der Waals surface area contributed by atoms with E-state index in [0.717, 1.165) is 40.0 Å². The number of benzene rings is 2. The van der Waals surface area contributed by atoms with E-state index in [4.69, 9.17) is 4.74 Å². The van der Waals surface area contributed by atoms with Crippen LogP contribution in [-0.4, -0.2) is 45.7 Å². The van der Waals surface area contributed by atoms with Gasteiger partial charge in [0.2, 0.25) is 5.90 Å². The molecule has 0 fully saturated rings. The van der Waals surface area contributed by atoms with Crippen LogP contribution in [0, 0.1) is 11.6 Å². The number of aromatic nitrogens is 2. The number of halogens is 2. The number of ether oxygens (including phenoxy) is 1. The first-order valence-corrected chi connectivity index (χ1v) is 12.5. The van der Waals surface area contributed by atoms with Crippen LogP contribution >= 0.6 is 0 Å². The highest BCUT2D eigenvalue weighted by Crippen LogP contribution is 2.33. The van der Waals surface area contributed by atoms with Crippen molar-refractivity contribution in [1.29, 1.82) is 0 Å². The van der Waals surface area contributed by atoms with E-state index in [-0.39, 0.29) is 31.0 Å². The van der Waals surface area contributed by atoms with E-state index in [1.807, 2.05) is 50.2 Å². The SMILES string of the molecule is CC(C)c1c(C(=O)NCc2ccc(F)c(F)c2)c2ccc(C3=NC(CO)CO3)cc2n1Cc1ccccn1. The first-order chi connectivity index (χ1) is 18.4. The second-order valence-corrected chi connectivity index (χ2v) is 9.57. The van der Waals surface area contributed by atoms with E-state index in [2.05, 4.69) is 19.9 Å². The van der Waals surface area contributed by atoms with Crippen LogP contribution in [0.1, 0.15) is 52.6 Å². The Morgan fingerprint density at radius 3 is 2.68 bits per heavy atom. The lowest BCUT2D eigenvalue weighted by molar-refractivity contribution is 0.0951. The zero-order valence-corrected chi connectivity index (χ0v) is 21.1. The molecule has 3 heterocycles. The number of aliphatic hydroxyl groups excluding tert-OH is 1. The van der Waals surface area contributed by atoms with E-state index in [1.165, 1.54) is 6.07 Å². The second-order valence-electron chi connectivity index (χ2n) is 9.57. The zero-order chi connectivity index (χ0) is 26.8. The third-order valence-electron chi connectivity index (χ3n) is 6.53. The number of carbonyl (C=O) groups excluding carboxylic acids is 1. The van der Waals surface area contributed by atoms with E-state index >= 15 is 0 Å². The minimum Gasteiger partial charge on any atom is -0.475 e. The molecule has 0 radical (unpaired) electrons. The van der Waals surface area contributed by atoms with Crippen LogP contribution in [0.3, 0.4) is 0 Å². The molecule has 1 amide bonds. The van der Waals surface area contributed by atoms with E-state index in [1.54, 1.807) is 6.20 Å². The molecule has 5 rings (SSSR count). The number of fused-ring (bicyclic) bond motifs is 1. The lowest BCUT2D eigenvalue weighted by Gasteiger charge is -2.15. The summed E-state index contributed by atoms with van der Waals surface area (Å²) in [5, 5.41) is 13.1. The summed E-state index contributed by atoms with van der Waals surface area (Å²) in [6, 6.07) is 14.6. The van der Waals surface area contributed by atoms with Crippen LogP contribution in [-0.2, 0) is 17.8 Å². The minimum atomic E-state index is -0.959. The number of hydrogen-bond donors (Lipinski definition) is 2. The number of aliphatic imine (C=N–C) groups is 1. The molecule has 4 aromatic rings. The largest absolute Gasteiger partial charge is 0.475 e. The number of nitrogens with zero attached hydrogens (tertiary/aromatic N) is 3. The first-order valence-electron chi connectivity index (χ1n) is 12.5. The molecule has 1 unspecified atom stereocenters. The van der Waals surface area contributed by atoms with Crippen LogP contribution in [0.5, 0.6) is 0 Å². The normalized spacial score (nSPS) is 15.1. The molecular formula is C29H28F2N4O3. The Hall–Kier alpha value is -4.11. The van der Waals surface area contributed by atoms with E-state index in [0.29, 0.717) is 30.2 Å². The molecule has 0 spiro atoms. The third-order valence-corrected chi connectivity index (χ3v) is 6.53. The number of amides is 1. The van der Waals surface area contributed by atoms with Gasteiger partial charge in [-0.1, -0.05) is 32.0 Å². The van der Waals surface area contributed by atoms with Gasteiger partial charge in [0.25, 0.3) is 5.91 Å². The summed E-state index contributed by atoms with van der Waals surface area (Å²) in [5.74, 6) is -1.77. The number of rotatable bonds is 8. The summed E-state index contributed by atoms with van der Waals surface area (Å²) >= 11 is 0. The summed E-state index contributed by atoms with van der Waals surface area (Å²) < 4.78 is 34.8. The molecule has 1 atom stereocenters. The van der Waals surface area contributed by atoms with Gasteiger partial charge < -0.3 is 19.7 Å². The molecule has 1 aliphatic rings. The maximum Gasteiger partial charge on any atom is 0.254 e. The highest BCUT2D eigenvalue weighted by molar-refractivity contribution is 6.10. The third kappa shape index (κ3) is 5.02. The fourth-order valence-corrected chi connectivity index (χ4v) is 4.75. The molecule has 0 bridgehead atoms. The monoisotopic (exact) mass is 518 g/mol. The van der Waals surface area contributed by atoms with Gasteiger partial charge >= 0.3 is 0 Å². The standard InChI is InChI=1S/C29H28F2N4O3/c1-17(2)27-26(28(37)33-13-18-6-9-23(30)24(31)11-18)22-8-7-19(29-34-21(15-36)16-38-29)12-25(22)35(27)14-20-5-3-4-10-32-20/h3-12,17,21,36H,13-16H2,1-2H3,(H,33,37). The van der Waals surface area contributed by atoms with Gasteiger partial charge in [-0.2, -0.15) is 0 Å².